The number of hydrogen-bond acceptors (Lipinski definition) is 6. The van der Waals surface area contributed by atoms with Crippen LogP contribution in [0.3, 0.4) is 0 Å². The first-order valence-electron chi connectivity index (χ1n) is 8.08. The molecule has 1 saturated heterocycles. The van der Waals surface area contributed by atoms with E-state index in [0.29, 0.717) is 6.04 Å². The predicted molar refractivity (Wildman–Crippen MR) is 81.1 cm³/mol. The van der Waals surface area contributed by atoms with Gasteiger partial charge in [0.25, 0.3) is 0 Å². The Morgan fingerprint density at radius 3 is 3.14 bits per heavy atom. The second-order valence-corrected chi connectivity index (χ2v) is 5.67. The summed E-state index contributed by atoms with van der Waals surface area (Å²) in [7, 11) is 1.73. The summed E-state index contributed by atoms with van der Waals surface area (Å²) in [4.78, 5) is 6.94. The van der Waals surface area contributed by atoms with Crippen molar-refractivity contribution in [1.29, 1.82) is 0 Å². The maximum Gasteiger partial charge on any atom is 0.240 e. The fraction of sp³-hybridized carbons (Fsp3) is 0.867. The molecular weight excluding hydrogens is 268 g/mol. The first-order valence-corrected chi connectivity index (χ1v) is 8.08. The number of ether oxygens (including phenoxy) is 1. The summed E-state index contributed by atoms with van der Waals surface area (Å²) in [5, 5.41) is 7.50. The molecule has 1 N–H and O–H groups in total. The van der Waals surface area contributed by atoms with Crippen LogP contribution < -0.4 is 5.32 Å². The number of methoxy groups -OCH3 is 1. The maximum absolute atomic E-state index is 5.37. The molecule has 2 heterocycles. The number of piperidine rings is 1. The van der Waals surface area contributed by atoms with Crippen molar-refractivity contribution in [3.05, 3.63) is 11.7 Å². The Morgan fingerprint density at radius 2 is 2.33 bits per heavy atom. The molecule has 1 unspecified atom stereocenters. The Morgan fingerprint density at radius 1 is 1.43 bits per heavy atom. The third kappa shape index (κ3) is 5.37. The van der Waals surface area contributed by atoms with Gasteiger partial charge in [0.15, 0.2) is 5.82 Å². The van der Waals surface area contributed by atoms with Crippen LogP contribution in [0.5, 0.6) is 0 Å². The quantitative estimate of drug-likeness (QED) is 0.699. The highest BCUT2D eigenvalue weighted by atomic mass is 16.5. The topological polar surface area (TPSA) is 63.4 Å². The fourth-order valence-electron chi connectivity index (χ4n) is 2.80. The number of likely N-dealkylation sites (tertiary alicyclic amines) is 1. The third-order valence-electron chi connectivity index (χ3n) is 3.93. The van der Waals surface area contributed by atoms with Gasteiger partial charge in [0, 0.05) is 32.7 Å². The van der Waals surface area contributed by atoms with E-state index in [1.54, 1.807) is 7.11 Å². The van der Waals surface area contributed by atoms with Crippen molar-refractivity contribution in [2.45, 2.75) is 51.6 Å². The molecule has 1 aliphatic heterocycles. The molecular formula is C15H28N4O2. The highest BCUT2D eigenvalue weighted by molar-refractivity contribution is 4.89. The van der Waals surface area contributed by atoms with Gasteiger partial charge in [-0.2, -0.15) is 4.98 Å². The van der Waals surface area contributed by atoms with Gasteiger partial charge in [0.05, 0.1) is 13.2 Å². The van der Waals surface area contributed by atoms with Crippen LogP contribution in [0.25, 0.3) is 0 Å². The third-order valence-corrected chi connectivity index (χ3v) is 3.93. The van der Waals surface area contributed by atoms with E-state index in [1.807, 2.05) is 0 Å². The predicted octanol–water partition coefficient (Wildman–Crippen LogP) is 1.61. The Hall–Kier alpha value is -0.980. The molecule has 0 radical (unpaired) electrons. The average molecular weight is 296 g/mol. The minimum atomic E-state index is 0.553. The van der Waals surface area contributed by atoms with Gasteiger partial charge in [-0.15, -0.1) is 0 Å². The molecule has 1 aliphatic rings. The average Bonchev–Trinajstić information content (AvgIpc) is 2.93. The smallest absolute Gasteiger partial charge is 0.240 e. The van der Waals surface area contributed by atoms with Crippen LogP contribution in [0.1, 0.15) is 44.3 Å². The number of hydrogen-bond donors (Lipinski definition) is 1. The van der Waals surface area contributed by atoms with Gasteiger partial charge >= 0.3 is 0 Å². The molecule has 120 valence electrons. The van der Waals surface area contributed by atoms with Crippen LogP contribution in [0, 0.1) is 0 Å². The Labute approximate surface area is 127 Å². The number of aryl methyl sites for hydroxylation is 1. The van der Waals surface area contributed by atoms with Crippen LogP contribution in [0.15, 0.2) is 4.52 Å². The van der Waals surface area contributed by atoms with Crippen molar-refractivity contribution < 1.29 is 9.26 Å². The molecule has 0 amide bonds. The van der Waals surface area contributed by atoms with Crippen molar-refractivity contribution in [3.8, 4) is 0 Å². The maximum atomic E-state index is 5.37. The zero-order valence-electron chi connectivity index (χ0n) is 13.3. The van der Waals surface area contributed by atoms with E-state index < -0.39 is 0 Å². The molecule has 1 aromatic heterocycles. The Balaban J connectivity index is 1.82. The summed E-state index contributed by atoms with van der Waals surface area (Å²) >= 11 is 0. The van der Waals surface area contributed by atoms with Crippen molar-refractivity contribution in [2.24, 2.45) is 0 Å². The molecule has 1 aromatic rings. The van der Waals surface area contributed by atoms with Crippen LogP contribution >= 0.6 is 0 Å². The summed E-state index contributed by atoms with van der Waals surface area (Å²) < 4.78 is 10.4. The molecule has 6 nitrogen and oxygen atoms in total. The van der Waals surface area contributed by atoms with Crippen LogP contribution in [0.4, 0.5) is 0 Å². The van der Waals surface area contributed by atoms with Crippen molar-refractivity contribution >= 4 is 0 Å². The minimum Gasteiger partial charge on any atom is -0.383 e. The van der Waals surface area contributed by atoms with Crippen LogP contribution in [-0.4, -0.2) is 54.4 Å². The van der Waals surface area contributed by atoms with Gasteiger partial charge in [-0.25, -0.2) is 0 Å². The molecule has 2 rings (SSSR count). The highest BCUT2D eigenvalue weighted by Crippen LogP contribution is 2.18. The van der Waals surface area contributed by atoms with Crippen LogP contribution in [0.2, 0.25) is 0 Å². The second kappa shape index (κ2) is 9.12. The monoisotopic (exact) mass is 296 g/mol. The minimum absolute atomic E-state index is 0.553. The van der Waals surface area contributed by atoms with Gasteiger partial charge in [-0.05, 0) is 25.8 Å². The second-order valence-electron chi connectivity index (χ2n) is 5.67. The molecule has 0 aromatic carbocycles. The fourth-order valence-corrected chi connectivity index (χ4v) is 2.80. The van der Waals surface area contributed by atoms with Gasteiger partial charge in [0.2, 0.25) is 5.89 Å². The number of rotatable bonds is 9. The van der Waals surface area contributed by atoms with Gasteiger partial charge in [-0.3, -0.25) is 4.90 Å². The van der Waals surface area contributed by atoms with Crippen molar-refractivity contribution in [2.75, 3.05) is 33.4 Å². The molecule has 1 atom stereocenters. The van der Waals surface area contributed by atoms with Crippen LogP contribution in [-0.2, 0) is 17.7 Å². The van der Waals surface area contributed by atoms with Gasteiger partial charge in [0.1, 0.15) is 0 Å². The summed E-state index contributed by atoms with van der Waals surface area (Å²) in [6.45, 7) is 6.68. The zero-order valence-corrected chi connectivity index (χ0v) is 13.3. The normalized spacial score (nSPS) is 20.0. The zero-order chi connectivity index (χ0) is 14.9. The molecule has 0 aliphatic carbocycles. The number of nitrogens with one attached hydrogen (secondary N) is 1. The van der Waals surface area contributed by atoms with E-state index >= 15 is 0 Å². The standard InChI is InChI=1S/C15H28N4O2/c1-3-6-14-17-15(21-18-14)12-19-9-5-4-7-13(19)11-16-8-10-20-2/h13,16H,3-12H2,1-2H3. The largest absolute Gasteiger partial charge is 0.383 e. The van der Waals surface area contributed by atoms with E-state index in [1.165, 1.54) is 19.3 Å². The van der Waals surface area contributed by atoms with Gasteiger partial charge in [-0.1, -0.05) is 18.5 Å². The first kappa shape index (κ1) is 16.4. The summed E-state index contributed by atoms with van der Waals surface area (Å²) in [5.74, 6) is 1.58. The lowest BCUT2D eigenvalue weighted by Gasteiger charge is -2.34. The lowest BCUT2D eigenvalue weighted by molar-refractivity contribution is 0.119. The SMILES string of the molecule is CCCc1noc(CN2CCCCC2CNCCOC)n1. The summed E-state index contributed by atoms with van der Waals surface area (Å²) in [5.41, 5.74) is 0. The van der Waals surface area contributed by atoms with E-state index in [4.69, 9.17) is 9.26 Å². The summed E-state index contributed by atoms with van der Waals surface area (Å²) in [6, 6.07) is 0.553. The van der Waals surface area contributed by atoms with E-state index in [9.17, 15) is 0 Å². The molecule has 1 fully saturated rings. The van der Waals surface area contributed by atoms with Gasteiger partial charge < -0.3 is 14.6 Å². The lowest BCUT2D eigenvalue weighted by atomic mass is 10.0. The number of nitrogens with zero attached hydrogens (tertiary/aromatic N) is 3. The first-order chi connectivity index (χ1) is 10.3. The Kier molecular flexibility index (Phi) is 7.12. The van der Waals surface area contributed by atoms with Crippen molar-refractivity contribution in [1.82, 2.24) is 20.4 Å². The number of aromatic nitrogens is 2. The molecule has 21 heavy (non-hydrogen) atoms. The Bertz CT molecular complexity index is 397. The van der Waals surface area contributed by atoms with E-state index in [0.717, 1.165) is 57.3 Å². The lowest BCUT2D eigenvalue weighted by Crippen LogP contribution is -2.45. The molecule has 0 spiro atoms. The molecule has 0 saturated carbocycles. The highest BCUT2D eigenvalue weighted by Gasteiger charge is 2.23. The van der Waals surface area contributed by atoms with Crippen molar-refractivity contribution in [3.63, 3.8) is 0 Å². The van der Waals surface area contributed by atoms with E-state index in [-0.39, 0.29) is 0 Å². The molecule has 6 heteroatoms. The molecule has 0 bridgehead atoms. The van der Waals surface area contributed by atoms with E-state index in [2.05, 4.69) is 27.3 Å². The summed E-state index contributed by atoms with van der Waals surface area (Å²) in [6.07, 6.45) is 5.73.